The lowest BCUT2D eigenvalue weighted by atomic mass is 10.3. The maximum Gasteiger partial charge on any atom is 0.325 e. The third kappa shape index (κ3) is 4.60. The number of aliphatic hydroxyl groups is 2. The van der Waals surface area contributed by atoms with Crippen LogP contribution in [0.15, 0.2) is 0 Å². The largest absolute Gasteiger partial charge is 0.480 e. The van der Waals surface area contributed by atoms with Crippen molar-refractivity contribution in [2.24, 2.45) is 0 Å². The molecule has 2 atom stereocenters. The second-order valence-electron chi connectivity index (χ2n) is 3.92. The number of aliphatic hydroxyl groups excluding tert-OH is 2. The zero-order valence-corrected chi connectivity index (χ0v) is 10.2. The second kappa shape index (κ2) is 6.75. The lowest BCUT2D eigenvalue weighted by Crippen LogP contribution is -2.39. The summed E-state index contributed by atoms with van der Waals surface area (Å²) in [7, 11) is 0. The van der Waals surface area contributed by atoms with Crippen molar-refractivity contribution < 1.29 is 24.9 Å². The number of aromatic nitrogens is 4. The molecule has 0 saturated heterocycles. The molecular weight excluding hydrogens is 258 g/mol. The molecule has 2 unspecified atom stereocenters. The van der Waals surface area contributed by atoms with Gasteiger partial charge in [-0.3, -0.25) is 9.59 Å². The Kier molecular flexibility index (Phi) is 5.33. The van der Waals surface area contributed by atoms with Crippen LogP contribution in [-0.4, -0.2) is 66.2 Å². The van der Waals surface area contributed by atoms with Crippen molar-refractivity contribution >= 4 is 11.9 Å². The summed E-state index contributed by atoms with van der Waals surface area (Å²) in [5.74, 6) is -1.53. The highest BCUT2D eigenvalue weighted by Gasteiger charge is 2.18. The molecule has 0 spiro atoms. The first kappa shape index (κ1) is 15.0. The van der Waals surface area contributed by atoms with Crippen LogP contribution >= 0.6 is 0 Å². The average molecular weight is 273 g/mol. The highest BCUT2D eigenvalue weighted by molar-refractivity contribution is 5.84. The number of nitrogens with one attached hydrogen (secondary N) is 1. The van der Waals surface area contributed by atoms with E-state index in [1.807, 2.05) is 0 Å². The molecule has 106 valence electrons. The van der Waals surface area contributed by atoms with Gasteiger partial charge in [0.1, 0.15) is 6.04 Å². The minimum absolute atomic E-state index is 0.0550. The monoisotopic (exact) mass is 273 g/mol. The van der Waals surface area contributed by atoms with Crippen molar-refractivity contribution in [3.05, 3.63) is 5.82 Å². The Labute approximate surface area is 108 Å². The molecule has 1 rings (SSSR count). The molecule has 0 aliphatic carbocycles. The average Bonchev–Trinajstić information content (AvgIpc) is 2.75. The van der Waals surface area contributed by atoms with Crippen LogP contribution in [0.4, 0.5) is 0 Å². The molecule has 1 amide bonds. The Morgan fingerprint density at radius 1 is 1.47 bits per heavy atom. The number of carbonyl (C=O) groups excluding carboxylic acids is 1. The standard InChI is InChI=1S/C9H15N5O5/c1-5(9(18)19)10-8(17)2-7-11-12-13-14(7)3-6(16)4-15/h5-6,15-16H,2-4H2,1H3,(H,10,17)(H,18,19). The third-order valence-electron chi connectivity index (χ3n) is 2.27. The summed E-state index contributed by atoms with van der Waals surface area (Å²) < 4.78 is 1.17. The van der Waals surface area contributed by atoms with Crippen LogP contribution in [-0.2, 0) is 22.6 Å². The van der Waals surface area contributed by atoms with Gasteiger partial charge in [0.05, 0.1) is 25.7 Å². The lowest BCUT2D eigenvalue weighted by molar-refractivity contribution is -0.141. The minimum atomic E-state index is -1.15. The zero-order valence-electron chi connectivity index (χ0n) is 10.2. The Hall–Kier alpha value is -2.07. The zero-order chi connectivity index (χ0) is 14.4. The minimum Gasteiger partial charge on any atom is -0.480 e. The summed E-state index contributed by atoms with van der Waals surface area (Å²) in [6.45, 7) is 0.820. The number of carboxylic acid groups (broad SMARTS) is 1. The maximum absolute atomic E-state index is 11.5. The van der Waals surface area contributed by atoms with Gasteiger partial charge in [-0.1, -0.05) is 0 Å². The fourth-order valence-corrected chi connectivity index (χ4v) is 1.25. The number of amides is 1. The molecule has 4 N–H and O–H groups in total. The van der Waals surface area contributed by atoms with E-state index in [1.165, 1.54) is 11.6 Å². The lowest BCUT2D eigenvalue weighted by Gasteiger charge is -2.10. The number of rotatable bonds is 7. The maximum atomic E-state index is 11.5. The molecule has 0 aliphatic rings. The topological polar surface area (TPSA) is 150 Å². The van der Waals surface area contributed by atoms with Gasteiger partial charge in [0, 0.05) is 0 Å². The number of hydrogen-bond donors (Lipinski definition) is 4. The van der Waals surface area contributed by atoms with Crippen molar-refractivity contribution in [3.63, 3.8) is 0 Å². The summed E-state index contributed by atoms with van der Waals surface area (Å²) in [6, 6.07) is -1.01. The van der Waals surface area contributed by atoms with Gasteiger partial charge in [-0.2, -0.15) is 0 Å². The van der Waals surface area contributed by atoms with E-state index in [-0.39, 0.29) is 18.8 Å². The first-order valence-corrected chi connectivity index (χ1v) is 5.50. The van der Waals surface area contributed by atoms with Crippen molar-refractivity contribution in [2.75, 3.05) is 6.61 Å². The summed E-state index contributed by atoms with van der Waals surface area (Å²) in [6.07, 6.45) is -1.26. The third-order valence-corrected chi connectivity index (χ3v) is 2.27. The van der Waals surface area contributed by atoms with Gasteiger partial charge in [0.2, 0.25) is 5.91 Å². The molecule has 0 aliphatic heterocycles. The van der Waals surface area contributed by atoms with Crippen LogP contribution < -0.4 is 5.32 Å². The molecule has 19 heavy (non-hydrogen) atoms. The normalized spacial score (nSPS) is 13.8. The van der Waals surface area contributed by atoms with Gasteiger partial charge >= 0.3 is 5.97 Å². The smallest absolute Gasteiger partial charge is 0.325 e. The van der Waals surface area contributed by atoms with Crippen molar-refractivity contribution in [2.45, 2.75) is 32.0 Å². The fraction of sp³-hybridized carbons (Fsp3) is 0.667. The van der Waals surface area contributed by atoms with Crippen LogP contribution in [0, 0.1) is 0 Å². The van der Waals surface area contributed by atoms with Gasteiger partial charge in [0.15, 0.2) is 5.82 Å². The molecule has 0 aromatic carbocycles. The number of nitrogens with zero attached hydrogens (tertiary/aromatic N) is 4. The van der Waals surface area contributed by atoms with E-state index in [0.29, 0.717) is 0 Å². The predicted molar refractivity (Wildman–Crippen MR) is 59.9 cm³/mol. The summed E-state index contributed by atoms with van der Waals surface area (Å²) in [5, 5.41) is 39.4. The first-order chi connectivity index (χ1) is 8.93. The number of hydrogen-bond acceptors (Lipinski definition) is 7. The van der Waals surface area contributed by atoms with Crippen molar-refractivity contribution in [3.8, 4) is 0 Å². The van der Waals surface area contributed by atoms with E-state index in [2.05, 4.69) is 20.8 Å². The van der Waals surface area contributed by atoms with Gasteiger partial charge in [0.25, 0.3) is 0 Å². The molecule has 0 radical (unpaired) electrons. The fourth-order valence-electron chi connectivity index (χ4n) is 1.25. The molecular formula is C9H15N5O5. The van der Waals surface area contributed by atoms with Crippen LogP contribution in [0.2, 0.25) is 0 Å². The van der Waals surface area contributed by atoms with Crippen LogP contribution in [0.5, 0.6) is 0 Å². The molecule has 0 bridgehead atoms. The number of tetrazole rings is 1. The van der Waals surface area contributed by atoms with Gasteiger partial charge < -0.3 is 20.6 Å². The molecule has 0 saturated carbocycles. The second-order valence-corrected chi connectivity index (χ2v) is 3.92. The molecule has 10 nitrogen and oxygen atoms in total. The van der Waals surface area contributed by atoms with Crippen molar-refractivity contribution in [1.29, 1.82) is 0 Å². The molecule has 1 heterocycles. The van der Waals surface area contributed by atoms with Crippen molar-refractivity contribution in [1.82, 2.24) is 25.5 Å². The van der Waals surface area contributed by atoms with E-state index < -0.39 is 30.6 Å². The molecule has 1 aromatic heterocycles. The van der Waals surface area contributed by atoms with E-state index in [0.717, 1.165) is 0 Å². The van der Waals surface area contributed by atoms with E-state index in [1.54, 1.807) is 0 Å². The SMILES string of the molecule is CC(NC(=O)Cc1nnnn1CC(O)CO)C(=O)O. The summed E-state index contributed by atoms with van der Waals surface area (Å²) in [5.41, 5.74) is 0. The Bertz CT molecular complexity index is 448. The Morgan fingerprint density at radius 3 is 2.74 bits per heavy atom. The first-order valence-electron chi connectivity index (χ1n) is 5.50. The molecule has 1 aromatic rings. The number of carboxylic acids is 1. The summed E-state index contributed by atoms with van der Waals surface area (Å²) >= 11 is 0. The predicted octanol–water partition coefficient (Wildman–Crippen LogP) is -2.84. The van der Waals surface area contributed by atoms with Crippen LogP contribution in [0.3, 0.4) is 0 Å². The number of aliphatic carboxylic acids is 1. The van der Waals surface area contributed by atoms with Gasteiger partial charge in [-0.25, -0.2) is 4.68 Å². The Morgan fingerprint density at radius 2 is 2.16 bits per heavy atom. The van der Waals surface area contributed by atoms with Gasteiger partial charge in [-0.05, 0) is 17.4 Å². The Balaban J connectivity index is 2.60. The van der Waals surface area contributed by atoms with Crippen LogP contribution in [0.25, 0.3) is 0 Å². The van der Waals surface area contributed by atoms with E-state index in [4.69, 9.17) is 10.2 Å². The van der Waals surface area contributed by atoms with E-state index in [9.17, 15) is 14.7 Å². The highest BCUT2D eigenvalue weighted by atomic mass is 16.4. The number of carbonyl (C=O) groups is 2. The molecule has 10 heteroatoms. The van der Waals surface area contributed by atoms with Crippen LogP contribution in [0.1, 0.15) is 12.7 Å². The quantitative estimate of drug-likeness (QED) is 0.414. The highest BCUT2D eigenvalue weighted by Crippen LogP contribution is 1.97. The molecule has 0 fully saturated rings. The van der Waals surface area contributed by atoms with E-state index >= 15 is 0 Å². The summed E-state index contributed by atoms with van der Waals surface area (Å²) in [4.78, 5) is 22.1. The van der Waals surface area contributed by atoms with Gasteiger partial charge in [-0.15, -0.1) is 5.10 Å².